The Kier molecular flexibility index (Phi) is 3.16. The van der Waals surface area contributed by atoms with Crippen molar-refractivity contribution in [2.24, 2.45) is 0 Å². The summed E-state index contributed by atoms with van der Waals surface area (Å²) in [7, 11) is 1.28. The number of para-hydroxylation sites is 2. The van der Waals surface area contributed by atoms with Crippen molar-refractivity contribution in [2.75, 3.05) is 7.11 Å². The molecular formula is C15H12O5. The normalized spacial score (nSPS) is 15.8. The first-order chi connectivity index (χ1) is 9.78. The van der Waals surface area contributed by atoms with Crippen LogP contribution < -0.4 is 14.2 Å². The number of fused-ring (bicyclic) bond motifs is 1. The summed E-state index contributed by atoms with van der Waals surface area (Å²) in [5, 5.41) is 0. The van der Waals surface area contributed by atoms with E-state index in [1.54, 1.807) is 18.2 Å². The van der Waals surface area contributed by atoms with Crippen LogP contribution in [0.4, 0.5) is 0 Å². The van der Waals surface area contributed by atoms with E-state index in [4.69, 9.17) is 14.2 Å². The SMILES string of the molecule is COC(=O)[C@H]1Oc2cccc(Oc3ccccc3)c2O1. The van der Waals surface area contributed by atoms with E-state index in [0.29, 0.717) is 23.0 Å². The fourth-order valence-corrected chi connectivity index (χ4v) is 1.84. The van der Waals surface area contributed by atoms with Gasteiger partial charge >= 0.3 is 12.3 Å². The summed E-state index contributed by atoms with van der Waals surface area (Å²) < 4.78 is 21.1. The fourth-order valence-electron chi connectivity index (χ4n) is 1.84. The van der Waals surface area contributed by atoms with Crippen LogP contribution in [0.3, 0.4) is 0 Å². The largest absolute Gasteiger partial charge is 0.463 e. The van der Waals surface area contributed by atoms with Crippen LogP contribution in [0.25, 0.3) is 0 Å². The first-order valence-corrected chi connectivity index (χ1v) is 6.05. The van der Waals surface area contributed by atoms with Crippen molar-refractivity contribution in [3.63, 3.8) is 0 Å². The van der Waals surface area contributed by atoms with Crippen molar-refractivity contribution in [3.05, 3.63) is 48.5 Å². The Morgan fingerprint density at radius 3 is 2.60 bits per heavy atom. The van der Waals surface area contributed by atoms with E-state index < -0.39 is 12.3 Å². The topological polar surface area (TPSA) is 54.0 Å². The maximum absolute atomic E-state index is 11.4. The molecule has 2 aromatic carbocycles. The third kappa shape index (κ3) is 2.25. The highest BCUT2D eigenvalue weighted by atomic mass is 16.7. The molecule has 5 nitrogen and oxygen atoms in total. The highest BCUT2D eigenvalue weighted by Gasteiger charge is 2.34. The molecule has 1 aliphatic heterocycles. The minimum Gasteiger partial charge on any atom is -0.463 e. The molecule has 20 heavy (non-hydrogen) atoms. The second-order valence-electron chi connectivity index (χ2n) is 4.09. The maximum atomic E-state index is 11.4. The highest BCUT2D eigenvalue weighted by Crippen LogP contribution is 2.44. The molecule has 0 unspecified atom stereocenters. The second-order valence-corrected chi connectivity index (χ2v) is 4.09. The Morgan fingerprint density at radius 1 is 1.05 bits per heavy atom. The van der Waals surface area contributed by atoms with Gasteiger partial charge in [-0.1, -0.05) is 24.3 Å². The molecule has 0 fully saturated rings. The smallest absolute Gasteiger partial charge is 0.389 e. The average molecular weight is 272 g/mol. The van der Waals surface area contributed by atoms with Crippen LogP contribution >= 0.6 is 0 Å². The Balaban J connectivity index is 1.86. The van der Waals surface area contributed by atoms with Gasteiger partial charge in [0.1, 0.15) is 5.75 Å². The molecule has 1 atom stereocenters. The summed E-state index contributed by atoms with van der Waals surface area (Å²) in [6.07, 6.45) is -1.09. The van der Waals surface area contributed by atoms with E-state index in [9.17, 15) is 4.79 Å². The summed E-state index contributed by atoms with van der Waals surface area (Å²) in [6, 6.07) is 14.5. The number of hydrogen-bond acceptors (Lipinski definition) is 5. The molecule has 1 heterocycles. The maximum Gasteiger partial charge on any atom is 0.389 e. The number of methoxy groups -OCH3 is 1. The van der Waals surface area contributed by atoms with E-state index in [-0.39, 0.29) is 0 Å². The molecule has 0 saturated heterocycles. The minimum absolute atomic E-state index is 0.395. The predicted molar refractivity (Wildman–Crippen MR) is 70.0 cm³/mol. The van der Waals surface area contributed by atoms with Gasteiger partial charge in [0, 0.05) is 0 Å². The molecule has 3 rings (SSSR count). The number of carbonyl (C=O) groups excluding carboxylic acids is 1. The van der Waals surface area contributed by atoms with Crippen LogP contribution in [0.1, 0.15) is 0 Å². The monoisotopic (exact) mass is 272 g/mol. The molecule has 0 aliphatic carbocycles. The number of carbonyl (C=O) groups is 1. The van der Waals surface area contributed by atoms with Crippen molar-refractivity contribution in [2.45, 2.75) is 6.29 Å². The Bertz CT molecular complexity index is 623. The van der Waals surface area contributed by atoms with E-state index in [0.717, 1.165) is 0 Å². The van der Waals surface area contributed by atoms with Crippen molar-refractivity contribution < 1.29 is 23.7 Å². The molecule has 0 radical (unpaired) electrons. The molecule has 0 saturated carbocycles. The van der Waals surface area contributed by atoms with Gasteiger partial charge in [0.2, 0.25) is 5.75 Å². The number of ether oxygens (including phenoxy) is 4. The van der Waals surface area contributed by atoms with E-state index >= 15 is 0 Å². The third-order valence-electron chi connectivity index (χ3n) is 2.77. The molecule has 2 aromatic rings. The Morgan fingerprint density at radius 2 is 1.85 bits per heavy atom. The van der Waals surface area contributed by atoms with Crippen LogP contribution in [-0.4, -0.2) is 19.4 Å². The zero-order chi connectivity index (χ0) is 13.9. The first-order valence-electron chi connectivity index (χ1n) is 6.05. The molecule has 102 valence electrons. The predicted octanol–water partition coefficient (Wildman–Crippen LogP) is 2.75. The molecular weight excluding hydrogens is 260 g/mol. The zero-order valence-electron chi connectivity index (χ0n) is 10.7. The number of esters is 1. The molecule has 0 spiro atoms. The lowest BCUT2D eigenvalue weighted by Crippen LogP contribution is -2.30. The number of benzene rings is 2. The molecule has 0 N–H and O–H groups in total. The summed E-state index contributed by atoms with van der Waals surface area (Å²) in [5.74, 6) is 1.42. The van der Waals surface area contributed by atoms with Crippen molar-refractivity contribution >= 4 is 5.97 Å². The molecule has 0 aromatic heterocycles. The number of hydrogen-bond donors (Lipinski definition) is 0. The average Bonchev–Trinajstić information content (AvgIpc) is 2.93. The standard InChI is InChI=1S/C15H12O5/c1-17-14(16)15-19-12-9-5-8-11(13(12)20-15)18-10-6-3-2-4-7-10/h2-9,15H,1H3/t15-/m0/s1. The van der Waals surface area contributed by atoms with Gasteiger partial charge in [0.25, 0.3) is 0 Å². The van der Waals surface area contributed by atoms with E-state index in [1.165, 1.54) is 7.11 Å². The first kappa shape index (κ1) is 12.3. The van der Waals surface area contributed by atoms with Crippen LogP contribution in [0.2, 0.25) is 0 Å². The summed E-state index contributed by atoms with van der Waals surface area (Å²) in [5.41, 5.74) is 0. The number of rotatable bonds is 3. The Labute approximate surface area is 115 Å². The van der Waals surface area contributed by atoms with Crippen LogP contribution in [0, 0.1) is 0 Å². The second kappa shape index (κ2) is 5.13. The van der Waals surface area contributed by atoms with Gasteiger partial charge in [-0.3, -0.25) is 0 Å². The highest BCUT2D eigenvalue weighted by molar-refractivity contribution is 5.75. The minimum atomic E-state index is -1.09. The summed E-state index contributed by atoms with van der Waals surface area (Å²) >= 11 is 0. The van der Waals surface area contributed by atoms with Gasteiger partial charge in [0.05, 0.1) is 7.11 Å². The molecule has 0 amide bonds. The summed E-state index contributed by atoms with van der Waals surface area (Å²) in [6.45, 7) is 0. The van der Waals surface area contributed by atoms with Crippen molar-refractivity contribution in [1.29, 1.82) is 0 Å². The van der Waals surface area contributed by atoms with Gasteiger partial charge in [-0.15, -0.1) is 0 Å². The van der Waals surface area contributed by atoms with Gasteiger partial charge < -0.3 is 18.9 Å². The van der Waals surface area contributed by atoms with Gasteiger partial charge in [0.15, 0.2) is 11.5 Å². The van der Waals surface area contributed by atoms with E-state index in [2.05, 4.69) is 4.74 Å². The lowest BCUT2D eigenvalue weighted by molar-refractivity contribution is -0.158. The van der Waals surface area contributed by atoms with Crippen molar-refractivity contribution in [3.8, 4) is 23.0 Å². The van der Waals surface area contributed by atoms with Crippen LogP contribution in [0.5, 0.6) is 23.0 Å². The van der Waals surface area contributed by atoms with E-state index in [1.807, 2.05) is 30.3 Å². The van der Waals surface area contributed by atoms with Gasteiger partial charge in [-0.05, 0) is 24.3 Å². The van der Waals surface area contributed by atoms with Gasteiger partial charge in [-0.2, -0.15) is 0 Å². The van der Waals surface area contributed by atoms with Crippen LogP contribution in [0.15, 0.2) is 48.5 Å². The van der Waals surface area contributed by atoms with Crippen LogP contribution in [-0.2, 0) is 9.53 Å². The van der Waals surface area contributed by atoms with Gasteiger partial charge in [-0.25, -0.2) is 4.79 Å². The lowest BCUT2D eigenvalue weighted by Gasteiger charge is -2.09. The molecule has 1 aliphatic rings. The van der Waals surface area contributed by atoms with Crippen molar-refractivity contribution in [1.82, 2.24) is 0 Å². The zero-order valence-corrected chi connectivity index (χ0v) is 10.7. The molecule has 0 bridgehead atoms. The Hall–Kier alpha value is -2.69. The molecule has 5 heteroatoms. The quantitative estimate of drug-likeness (QED) is 0.804. The third-order valence-corrected chi connectivity index (χ3v) is 2.77. The summed E-state index contributed by atoms with van der Waals surface area (Å²) in [4.78, 5) is 11.4. The lowest BCUT2D eigenvalue weighted by atomic mass is 10.3. The fraction of sp³-hybridized carbons (Fsp3) is 0.133.